The number of rotatable bonds is 1. The number of ketones is 1. The van der Waals surface area contributed by atoms with Gasteiger partial charge in [0.25, 0.3) is 0 Å². The summed E-state index contributed by atoms with van der Waals surface area (Å²) >= 11 is 0. The van der Waals surface area contributed by atoms with E-state index in [-0.39, 0.29) is 11.7 Å². The number of carbonyl (C=O) groups is 1. The molecule has 0 aliphatic heterocycles. The molecule has 3 heteroatoms. The molecule has 18 heavy (non-hydrogen) atoms. The van der Waals surface area contributed by atoms with Gasteiger partial charge < -0.3 is 0 Å². The number of Topliss-reactive ketones (excluding diaryl/α,β-unsaturated/α-hetero) is 1. The molecular formula is C15H16N2O. The third-order valence-corrected chi connectivity index (χ3v) is 3.69. The Hall–Kier alpha value is -1.90. The van der Waals surface area contributed by atoms with E-state index in [0.717, 1.165) is 23.4 Å². The van der Waals surface area contributed by atoms with Crippen molar-refractivity contribution in [2.75, 3.05) is 0 Å². The fourth-order valence-electron chi connectivity index (χ4n) is 2.79. The molecule has 1 aliphatic carbocycles. The van der Waals surface area contributed by atoms with E-state index < -0.39 is 0 Å². The standard InChI is InChI=1S/C15H16N2O/c1-9-4-3-5-11(6-9)12-7-13-15(14(18)8-12)10(2)16-17-13/h3-6,12H,7-8H2,1-2H3,(H,16,17)/t12-/m0/s1. The second kappa shape index (κ2) is 4.09. The first-order valence-electron chi connectivity index (χ1n) is 6.28. The summed E-state index contributed by atoms with van der Waals surface area (Å²) in [5, 5.41) is 7.18. The summed E-state index contributed by atoms with van der Waals surface area (Å²) in [6, 6.07) is 8.41. The molecule has 1 N–H and O–H groups in total. The van der Waals surface area contributed by atoms with Crippen LogP contribution in [0.1, 0.15) is 45.2 Å². The second-order valence-corrected chi connectivity index (χ2v) is 5.11. The van der Waals surface area contributed by atoms with Crippen LogP contribution in [0.5, 0.6) is 0 Å². The van der Waals surface area contributed by atoms with Crippen molar-refractivity contribution in [2.24, 2.45) is 0 Å². The number of aryl methyl sites for hydroxylation is 2. The van der Waals surface area contributed by atoms with E-state index in [1.165, 1.54) is 11.1 Å². The van der Waals surface area contributed by atoms with Crippen LogP contribution in [0.15, 0.2) is 24.3 Å². The van der Waals surface area contributed by atoms with E-state index in [1.807, 2.05) is 6.92 Å². The highest BCUT2D eigenvalue weighted by Gasteiger charge is 2.29. The maximum atomic E-state index is 12.2. The van der Waals surface area contributed by atoms with Crippen molar-refractivity contribution in [2.45, 2.75) is 32.6 Å². The van der Waals surface area contributed by atoms with Crippen molar-refractivity contribution in [3.8, 4) is 0 Å². The minimum Gasteiger partial charge on any atom is -0.294 e. The first kappa shape index (κ1) is 11.2. The Morgan fingerprint density at radius 1 is 1.28 bits per heavy atom. The van der Waals surface area contributed by atoms with Crippen LogP contribution >= 0.6 is 0 Å². The van der Waals surface area contributed by atoms with Gasteiger partial charge in [0.05, 0.1) is 11.3 Å². The topological polar surface area (TPSA) is 45.8 Å². The number of hydrogen-bond acceptors (Lipinski definition) is 2. The number of aromatic amines is 1. The minimum absolute atomic E-state index is 0.217. The molecule has 0 spiro atoms. The maximum absolute atomic E-state index is 12.2. The number of aromatic nitrogens is 2. The van der Waals surface area contributed by atoms with Crippen LogP contribution in [-0.2, 0) is 6.42 Å². The van der Waals surface area contributed by atoms with Gasteiger partial charge in [0.2, 0.25) is 0 Å². The van der Waals surface area contributed by atoms with E-state index in [9.17, 15) is 4.79 Å². The third-order valence-electron chi connectivity index (χ3n) is 3.69. The summed E-state index contributed by atoms with van der Waals surface area (Å²) in [5.41, 5.74) is 5.13. The SMILES string of the molecule is Cc1cccc([C@@H]2CC(=O)c3c(n[nH]c3C)C2)c1. The van der Waals surface area contributed by atoms with Crippen LogP contribution in [0.2, 0.25) is 0 Å². The molecule has 0 saturated heterocycles. The molecule has 2 aromatic rings. The largest absolute Gasteiger partial charge is 0.294 e. The van der Waals surface area contributed by atoms with Gasteiger partial charge >= 0.3 is 0 Å². The molecule has 0 radical (unpaired) electrons. The molecule has 1 heterocycles. The number of fused-ring (bicyclic) bond motifs is 1. The van der Waals surface area contributed by atoms with Gasteiger partial charge in [-0.1, -0.05) is 29.8 Å². The van der Waals surface area contributed by atoms with Gasteiger partial charge in [-0.3, -0.25) is 9.89 Å². The zero-order chi connectivity index (χ0) is 12.7. The molecular weight excluding hydrogens is 224 g/mol. The highest BCUT2D eigenvalue weighted by atomic mass is 16.1. The van der Waals surface area contributed by atoms with Crippen molar-refractivity contribution in [3.05, 3.63) is 52.3 Å². The predicted molar refractivity (Wildman–Crippen MR) is 69.9 cm³/mol. The average Bonchev–Trinajstić information content (AvgIpc) is 2.71. The molecule has 3 nitrogen and oxygen atoms in total. The number of nitrogens with one attached hydrogen (secondary N) is 1. The number of hydrogen-bond donors (Lipinski definition) is 1. The Morgan fingerprint density at radius 2 is 2.11 bits per heavy atom. The Kier molecular flexibility index (Phi) is 2.54. The first-order chi connectivity index (χ1) is 8.65. The Balaban J connectivity index is 1.97. The number of H-pyrrole nitrogens is 1. The van der Waals surface area contributed by atoms with E-state index >= 15 is 0 Å². The Bertz CT molecular complexity index is 613. The zero-order valence-corrected chi connectivity index (χ0v) is 10.7. The van der Waals surface area contributed by atoms with Crippen LogP contribution in [-0.4, -0.2) is 16.0 Å². The molecule has 0 fully saturated rings. The summed E-state index contributed by atoms with van der Waals surface area (Å²) in [6.07, 6.45) is 1.45. The maximum Gasteiger partial charge on any atom is 0.167 e. The lowest BCUT2D eigenvalue weighted by molar-refractivity contribution is 0.0963. The monoisotopic (exact) mass is 240 g/mol. The Morgan fingerprint density at radius 3 is 2.89 bits per heavy atom. The number of benzene rings is 1. The van der Waals surface area contributed by atoms with Crippen LogP contribution in [0.4, 0.5) is 0 Å². The Labute approximate surface area is 106 Å². The number of nitrogens with zero attached hydrogens (tertiary/aromatic N) is 1. The minimum atomic E-state index is 0.217. The van der Waals surface area contributed by atoms with E-state index in [4.69, 9.17) is 0 Å². The van der Waals surface area contributed by atoms with Gasteiger partial charge in [0.1, 0.15) is 0 Å². The summed E-state index contributed by atoms with van der Waals surface area (Å²) in [7, 11) is 0. The number of carbonyl (C=O) groups excluding carboxylic acids is 1. The van der Waals surface area contributed by atoms with Crippen molar-refractivity contribution < 1.29 is 4.79 Å². The van der Waals surface area contributed by atoms with Gasteiger partial charge in [-0.25, -0.2) is 0 Å². The molecule has 0 bridgehead atoms. The fraction of sp³-hybridized carbons (Fsp3) is 0.333. The zero-order valence-electron chi connectivity index (χ0n) is 10.7. The van der Waals surface area contributed by atoms with Crippen molar-refractivity contribution >= 4 is 5.78 Å². The van der Waals surface area contributed by atoms with Gasteiger partial charge in [0.15, 0.2) is 5.78 Å². The highest BCUT2D eigenvalue weighted by molar-refractivity contribution is 5.99. The molecule has 0 unspecified atom stereocenters. The molecule has 1 atom stereocenters. The van der Waals surface area contributed by atoms with Gasteiger partial charge in [-0.05, 0) is 31.7 Å². The lowest BCUT2D eigenvalue weighted by Gasteiger charge is -2.21. The summed E-state index contributed by atoms with van der Waals surface area (Å²) in [4.78, 5) is 12.2. The molecule has 1 aliphatic rings. The van der Waals surface area contributed by atoms with Crippen LogP contribution < -0.4 is 0 Å². The second-order valence-electron chi connectivity index (χ2n) is 5.11. The summed E-state index contributed by atoms with van der Waals surface area (Å²) < 4.78 is 0. The van der Waals surface area contributed by atoms with E-state index in [2.05, 4.69) is 41.4 Å². The van der Waals surface area contributed by atoms with Gasteiger partial charge in [-0.2, -0.15) is 5.10 Å². The van der Waals surface area contributed by atoms with Crippen LogP contribution in [0.3, 0.4) is 0 Å². The quantitative estimate of drug-likeness (QED) is 0.833. The smallest absolute Gasteiger partial charge is 0.167 e. The van der Waals surface area contributed by atoms with Crippen molar-refractivity contribution in [3.63, 3.8) is 0 Å². The average molecular weight is 240 g/mol. The van der Waals surface area contributed by atoms with Crippen LogP contribution in [0.25, 0.3) is 0 Å². The highest BCUT2D eigenvalue weighted by Crippen LogP contribution is 2.33. The molecule has 0 amide bonds. The van der Waals surface area contributed by atoms with E-state index in [0.29, 0.717) is 6.42 Å². The molecule has 1 aromatic heterocycles. The lowest BCUT2D eigenvalue weighted by atomic mass is 9.81. The molecule has 92 valence electrons. The first-order valence-corrected chi connectivity index (χ1v) is 6.28. The van der Waals surface area contributed by atoms with E-state index in [1.54, 1.807) is 0 Å². The molecule has 0 saturated carbocycles. The van der Waals surface area contributed by atoms with Gasteiger partial charge in [-0.15, -0.1) is 0 Å². The predicted octanol–water partition coefficient (Wildman–Crippen LogP) is 2.94. The summed E-state index contributed by atoms with van der Waals surface area (Å²) in [6.45, 7) is 4.00. The van der Waals surface area contributed by atoms with Crippen LogP contribution in [0, 0.1) is 13.8 Å². The molecule has 3 rings (SSSR count). The summed E-state index contributed by atoms with van der Waals surface area (Å²) in [5.74, 6) is 0.488. The fourth-order valence-corrected chi connectivity index (χ4v) is 2.79. The van der Waals surface area contributed by atoms with Crippen molar-refractivity contribution in [1.29, 1.82) is 0 Å². The molecule has 1 aromatic carbocycles. The van der Waals surface area contributed by atoms with Crippen molar-refractivity contribution in [1.82, 2.24) is 10.2 Å². The third kappa shape index (κ3) is 1.76. The van der Waals surface area contributed by atoms with Gasteiger partial charge in [0, 0.05) is 12.1 Å². The lowest BCUT2D eigenvalue weighted by Crippen LogP contribution is -2.18. The normalized spacial score (nSPS) is 18.8.